The van der Waals surface area contributed by atoms with Gasteiger partial charge in [0, 0.05) is 11.4 Å². The molecule has 0 unspecified atom stereocenters. The van der Waals surface area contributed by atoms with Crippen LogP contribution < -0.4 is 10.7 Å². The number of nitrogens with one attached hydrogen (secondary N) is 2. The van der Waals surface area contributed by atoms with Gasteiger partial charge in [0.15, 0.2) is 4.32 Å². The molecule has 0 spiro atoms. The number of carbonyl (C=O) groups excluding carboxylic acids is 1. The van der Waals surface area contributed by atoms with Gasteiger partial charge < -0.3 is 5.32 Å². The number of benzene rings is 1. The highest BCUT2D eigenvalue weighted by atomic mass is 32.2. The summed E-state index contributed by atoms with van der Waals surface area (Å²) in [5, 5.41) is 6.84. The summed E-state index contributed by atoms with van der Waals surface area (Å²) < 4.78 is 0.429. The summed E-state index contributed by atoms with van der Waals surface area (Å²) in [6, 6.07) is 13.3. The van der Waals surface area contributed by atoms with E-state index in [4.69, 9.17) is 12.2 Å². The monoisotopic (exact) mass is 358 g/mol. The smallest absolute Gasteiger partial charge is 0.234 e. The summed E-state index contributed by atoms with van der Waals surface area (Å²) in [7, 11) is 0. The number of amides is 1. The number of thioether (sulfide) groups is 1. The number of nitrogens with zero attached hydrogens (tertiary/aromatic N) is 2. The van der Waals surface area contributed by atoms with Crippen molar-refractivity contribution in [1.29, 1.82) is 0 Å². The maximum atomic E-state index is 11.9. The maximum absolute atomic E-state index is 11.9. The molecular weight excluding hydrogens is 340 g/mol. The normalized spacial score (nSPS) is 10.6. The topological polar surface area (TPSA) is 66.4 Å². The number of thiocarbonyl (C=S) groups is 1. The third-order valence-corrected chi connectivity index (χ3v) is 4.14. The summed E-state index contributed by atoms with van der Waals surface area (Å²) in [5.41, 5.74) is 6.30. The van der Waals surface area contributed by atoms with Crippen molar-refractivity contribution in [2.75, 3.05) is 11.1 Å². The third kappa shape index (κ3) is 6.47. The number of hydrogen-bond donors (Lipinski definition) is 2. The molecular formula is C17H18N4OS2. The summed E-state index contributed by atoms with van der Waals surface area (Å²) in [5.74, 6) is 0.107. The van der Waals surface area contributed by atoms with Gasteiger partial charge in [0.25, 0.3) is 0 Å². The number of pyridine rings is 1. The van der Waals surface area contributed by atoms with Crippen molar-refractivity contribution in [2.24, 2.45) is 5.10 Å². The molecule has 0 aliphatic heterocycles. The predicted octanol–water partition coefficient (Wildman–Crippen LogP) is 3.28. The zero-order valence-corrected chi connectivity index (χ0v) is 15.1. The minimum absolute atomic E-state index is 0.114. The Hall–Kier alpha value is -2.25. The molecule has 2 aromatic rings. The molecule has 0 aliphatic rings. The van der Waals surface area contributed by atoms with Crippen LogP contribution in [0.25, 0.3) is 0 Å². The van der Waals surface area contributed by atoms with Crippen molar-refractivity contribution in [1.82, 2.24) is 10.4 Å². The van der Waals surface area contributed by atoms with Crippen LogP contribution in [0.1, 0.15) is 17.0 Å². The van der Waals surface area contributed by atoms with Crippen LogP contribution in [-0.2, 0) is 4.79 Å². The molecule has 0 aliphatic carbocycles. The quantitative estimate of drug-likeness (QED) is 0.488. The number of hydrogen-bond acceptors (Lipinski definition) is 5. The van der Waals surface area contributed by atoms with Crippen LogP contribution in [-0.4, -0.2) is 27.2 Å². The minimum Gasteiger partial charge on any atom is -0.325 e. The highest BCUT2D eigenvalue weighted by Crippen LogP contribution is 2.10. The molecule has 0 saturated heterocycles. The van der Waals surface area contributed by atoms with Gasteiger partial charge in [-0.25, -0.2) is 0 Å². The van der Waals surface area contributed by atoms with E-state index in [0.717, 1.165) is 22.6 Å². The molecule has 0 atom stereocenters. The van der Waals surface area contributed by atoms with E-state index in [1.165, 1.54) is 11.8 Å². The van der Waals surface area contributed by atoms with E-state index in [2.05, 4.69) is 20.8 Å². The standard InChI is InChI=1S/C17H18N4OS2/c1-12-6-8-14(9-7-12)20-16(22)11-24-17(23)21-18-10-15-5-3-4-13(2)19-15/h3-10H,11H2,1-2H3,(H,20,22)(H,21,23)/b18-10+. The van der Waals surface area contributed by atoms with E-state index < -0.39 is 0 Å². The largest absolute Gasteiger partial charge is 0.325 e. The Labute approximate surface area is 151 Å². The number of aromatic nitrogens is 1. The molecule has 0 saturated carbocycles. The summed E-state index contributed by atoms with van der Waals surface area (Å²) in [4.78, 5) is 16.2. The molecule has 0 bridgehead atoms. The number of aryl methyl sites for hydroxylation is 2. The molecule has 2 rings (SSSR count). The molecule has 7 heteroatoms. The number of anilines is 1. The molecule has 1 aromatic heterocycles. The molecule has 1 heterocycles. The lowest BCUT2D eigenvalue weighted by Gasteiger charge is -2.06. The second-order valence-electron chi connectivity index (χ2n) is 5.06. The average molecular weight is 358 g/mol. The first-order valence-corrected chi connectivity index (χ1v) is 8.68. The van der Waals surface area contributed by atoms with Crippen LogP contribution in [0.15, 0.2) is 47.6 Å². The van der Waals surface area contributed by atoms with Gasteiger partial charge in [-0.05, 0) is 38.1 Å². The van der Waals surface area contributed by atoms with Gasteiger partial charge in [-0.3, -0.25) is 15.2 Å². The maximum Gasteiger partial charge on any atom is 0.234 e. The van der Waals surface area contributed by atoms with Gasteiger partial charge in [-0.15, -0.1) is 0 Å². The van der Waals surface area contributed by atoms with Crippen LogP contribution in [0.4, 0.5) is 5.69 Å². The van der Waals surface area contributed by atoms with Crippen LogP contribution in [0.5, 0.6) is 0 Å². The minimum atomic E-state index is -0.114. The van der Waals surface area contributed by atoms with Crippen molar-refractivity contribution < 1.29 is 4.79 Å². The van der Waals surface area contributed by atoms with Crippen molar-refractivity contribution in [3.05, 3.63) is 59.4 Å². The van der Waals surface area contributed by atoms with Gasteiger partial charge in [0.2, 0.25) is 5.91 Å². The lowest BCUT2D eigenvalue weighted by Crippen LogP contribution is -2.18. The number of carbonyl (C=O) groups is 1. The van der Waals surface area contributed by atoms with E-state index in [-0.39, 0.29) is 11.7 Å². The van der Waals surface area contributed by atoms with Gasteiger partial charge in [-0.1, -0.05) is 47.7 Å². The van der Waals surface area contributed by atoms with Crippen LogP contribution >= 0.6 is 24.0 Å². The van der Waals surface area contributed by atoms with Gasteiger partial charge in [0.1, 0.15) is 0 Å². The second kappa shape index (κ2) is 9.14. The van der Waals surface area contributed by atoms with E-state index in [0.29, 0.717) is 4.32 Å². The molecule has 1 amide bonds. The SMILES string of the molecule is Cc1ccc(NC(=O)CSC(=S)N/N=C/c2cccc(C)n2)cc1. The molecule has 24 heavy (non-hydrogen) atoms. The first kappa shape index (κ1) is 18.1. The Morgan fingerprint density at radius 2 is 2.00 bits per heavy atom. The van der Waals surface area contributed by atoms with Crippen molar-refractivity contribution in [3.8, 4) is 0 Å². The molecule has 2 N–H and O–H groups in total. The Balaban J connectivity index is 1.72. The Kier molecular flexibility index (Phi) is 6.89. The van der Waals surface area contributed by atoms with Crippen molar-refractivity contribution in [3.63, 3.8) is 0 Å². The fourth-order valence-electron chi connectivity index (χ4n) is 1.78. The highest BCUT2D eigenvalue weighted by Gasteiger charge is 2.05. The van der Waals surface area contributed by atoms with Crippen molar-refractivity contribution >= 4 is 46.1 Å². The highest BCUT2D eigenvalue weighted by molar-refractivity contribution is 8.23. The van der Waals surface area contributed by atoms with Crippen LogP contribution in [0.2, 0.25) is 0 Å². The van der Waals surface area contributed by atoms with E-state index in [1.807, 2.05) is 56.3 Å². The van der Waals surface area contributed by atoms with Gasteiger partial charge >= 0.3 is 0 Å². The lowest BCUT2D eigenvalue weighted by molar-refractivity contribution is -0.113. The first-order valence-electron chi connectivity index (χ1n) is 7.29. The fraction of sp³-hybridized carbons (Fsp3) is 0.176. The summed E-state index contributed by atoms with van der Waals surface area (Å²) >= 11 is 6.35. The van der Waals surface area contributed by atoms with Crippen LogP contribution in [0.3, 0.4) is 0 Å². The third-order valence-electron chi connectivity index (χ3n) is 2.93. The van der Waals surface area contributed by atoms with Gasteiger partial charge in [0.05, 0.1) is 17.7 Å². The molecule has 124 valence electrons. The summed E-state index contributed by atoms with van der Waals surface area (Å²) in [6.07, 6.45) is 1.59. The number of hydrazone groups is 1. The first-order chi connectivity index (χ1) is 11.5. The lowest BCUT2D eigenvalue weighted by atomic mass is 10.2. The van der Waals surface area contributed by atoms with Gasteiger partial charge in [-0.2, -0.15) is 5.10 Å². The second-order valence-corrected chi connectivity index (χ2v) is 6.72. The Morgan fingerprint density at radius 1 is 1.25 bits per heavy atom. The molecule has 1 aromatic carbocycles. The average Bonchev–Trinajstić information content (AvgIpc) is 2.55. The van der Waals surface area contributed by atoms with Crippen LogP contribution in [0, 0.1) is 13.8 Å². The molecule has 0 fully saturated rings. The summed E-state index contributed by atoms with van der Waals surface area (Å²) in [6.45, 7) is 3.91. The zero-order valence-electron chi connectivity index (χ0n) is 13.4. The van der Waals surface area contributed by atoms with E-state index in [1.54, 1.807) is 6.21 Å². The number of rotatable bonds is 5. The van der Waals surface area contributed by atoms with Crippen molar-refractivity contribution in [2.45, 2.75) is 13.8 Å². The zero-order chi connectivity index (χ0) is 17.4. The van der Waals surface area contributed by atoms with E-state index in [9.17, 15) is 4.79 Å². The fourth-order valence-corrected chi connectivity index (χ4v) is 2.47. The molecule has 0 radical (unpaired) electrons. The van der Waals surface area contributed by atoms with E-state index >= 15 is 0 Å². The predicted molar refractivity (Wildman–Crippen MR) is 105 cm³/mol. The molecule has 5 nitrogen and oxygen atoms in total. The Bertz CT molecular complexity index is 745. The Morgan fingerprint density at radius 3 is 2.71 bits per heavy atom.